The molecule has 0 bridgehead atoms. The number of ether oxygens (including phenoxy) is 1. The van der Waals surface area contributed by atoms with E-state index in [1.54, 1.807) is 25.1 Å². The summed E-state index contributed by atoms with van der Waals surface area (Å²) in [6.07, 6.45) is 1.79. The molecule has 0 radical (unpaired) electrons. The first-order chi connectivity index (χ1) is 10.1. The van der Waals surface area contributed by atoms with Crippen molar-refractivity contribution in [3.63, 3.8) is 0 Å². The average molecular weight is 289 g/mol. The molecule has 1 amide bonds. The Morgan fingerprint density at radius 1 is 1.38 bits per heavy atom. The van der Waals surface area contributed by atoms with E-state index >= 15 is 0 Å². The van der Waals surface area contributed by atoms with Gasteiger partial charge in [0, 0.05) is 6.04 Å². The summed E-state index contributed by atoms with van der Waals surface area (Å²) in [4.78, 5) is 12.2. The van der Waals surface area contributed by atoms with Gasteiger partial charge < -0.3 is 15.4 Å². The molecule has 0 aliphatic rings. The highest BCUT2D eigenvalue weighted by Gasteiger charge is 2.18. The summed E-state index contributed by atoms with van der Waals surface area (Å²) < 4.78 is 5.25. The maximum absolute atomic E-state index is 12.2. The zero-order valence-electron chi connectivity index (χ0n) is 13.1. The van der Waals surface area contributed by atoms with Crippen LogP contribution >= 0.6 is 0 Å². The number of para-hydroxylation sites is 1. The fourth-order valence-corrected chi connectivity index (χ4v) is 2.04. The quantitative estimate of drug-likeness (QED) is 0.809. The Bertz CT molecular complexity index is 519. The second-order valence-corrected chi connectivity index (χ2v) is 4.88. The Morgan fingerprint density at radius 3 is 2.57 bits per heavy atom. The third-order valence-electron chi connectivity index (χ3n) is 3.45. The molecular formula is C16H23N3O2. The number of carbonyl (C=O) groups excluding carboxylic acids is 1. The van der Waals surface area contributed by atoms with E-state index in [9.17, 15) is 4.79 Å². The summed E-state index contributed by atoms with van der Waals surface area (Å²) in [5, 5.41) is 15.2. The van der Waals surface area contributed by atoms with Crippen LogP contribution in [-0.2, 0) is 4.79 Å². The van der Waals surface area contributed by atoms with E-state index in [1.165, 1.54) is 7.11 Å². The minimum absolute atomic E-state index is 0.0847. The van der Waals surface area contributed by atoms with Gasteiger partial charge in [0.25, 0.3) is 0 Å². The van der Waals surface area contributed by atoms with E-state index < -0.39 is 6.04 Å². The highest BCUT2D eigenvalue weighted by Crippen LogP contribution is 2.28. The Hall–Kier alpha value is -2.22. The number of nitriles is 1. The van der Waals surface area contributed by atoms with Gasteiger partial charge in [-0.2, -0.15) is 5.26 Å². The van der Waals surface area contributed by atoms with Crippen LogP contribution in [0.3, 0.4) is 0 Å². The lowest BCUT2D eigenvalue weighted by Crippen LogP contribution is -2.43. The summed E-state index contributed by atoms with van der Waals surface area (Å²) in [6, 6.07) is 7.03. The number of amides is 1. The highest BCUT2D eigenvalue weighted by atomic mass is 16.5. The molecule has 5 nitrogen and oxygen atoms in total. The Balaban J connectivity index is 2.86. The summed E-state index contributed by atoms with van der Waals surface area (Å²) in [6.45, 7) is 5.85. The molecule has 21 heavy (non-hydrogen) atoms. The molecule has 0 spiro atoms. The maximum atomic E-state index is 12.2. The van der Waals surface area contributed by atoms with Crippen LogP contribution in [0.1, 0.15) is 39.2 Å². The second-order valence-electron chi connectivity index (χ2n) is 4.88. The van der Waals surface area contributed by atoms with E-state index in [0.29, 0.717) is 17.0 Å². The minimum Gasteiger partial charge on any atom is -0.495 e. The molecular weight excluding hydrogens is 266 g/mol. The zero-order chi connectivity index (χ0) is 15.8. The lowest BCUT2D eigenvalue weighted by atomic mass is 10.1. The molecule has 0 saturated heterocycles. The number of rotatable bonds is 7. The van der Waals surface area contributed by atoms with E-state index in [4.69, 9.17) is 10.00 Å². The van der Waals surface area contributed by atoms with Crippen molar-refractivity contribution in [1.29, 1.82) is 5.26 Å². The second kappa shape index (κ2) is 8.15. The number of benzene rings is 1. The molecule has 0 fully saturated rings. The van der Waals surface area contributed by atoms with E-state index in [0.717, 1.165) is 12.8 Å². The summed E-state index contributed by atoms with van der Waals surface area (Å²) in [5.74, 6) is 0.467. The van der Waals surface area contributed by atoms with E-state index in [2.05, 4.69) is 16.7 Å². The van der Waals surface area contributed by atoms with E-state index in [-0.39, 0.29) is 11.9 Å². The molecule has 2 N–H and O–H groups in total. The molecule has 0 aliphatic carbocycles. The van der Waals surface area contributed by atoms with Crippen LogP contribution in [0.2, 0.25) is 0 Å². The van der Waals surface area contributed by atoms with Crippen molar-refractivity contribution in [2.24, 2.45) is 0 Å². The van der Waals surface area contributed by atoms with Crippen LogP contribution in [0, 0.1) is 11.3 Å². The molecule has 1 aromatic rings. The van der Waals surface area contributed by atoms with Crippen LogP contribution in [0.5, 0.6) is 5.75 Å². The summed E-state index contributed by atoms with van der Waals surface area (Å²) in [5.41, 5.74) is 1.01. The number of nitrogens with one attached hydrogen (secondary N) is 2. The van der Waals surface area contributed by atoms with Gasteiger partial charge in [0.1, 0.15) is 17.9 Å². The average Bonchev–Trinajstić information content (AvgIpc) is 2.52. The van der Waals surface area contributed by atoms with Gasteiger partial charge in [-0.25, -0.2) is 0 Å². The number of anilines is 1. The summed E-state index contributed by atoms with van der Waals surface area (Å²) in [7, 11) is 1.54. The standard InChI is InChI=1S/C16H23N3O2/c1-5-13(6-2)19-16(20)11(3)18-15-12(10-17)8-7-9-14(15)21-4/h7-9,11,13,18H,5-6H2,1-4H3,(H,19,20). The topological polar surface area (TPSA) is 74.2 Å². The van der Waals surface area contributed by atoms with Gasteiger partial charge in [0.15, 0.2) is 0 Å². The first kappa shape index (κ1) is 16.8. The molecule has 1 rings (SSSR count). The fraction of sp³-hybridized carbons (Fsp3) is 0.500. The van der Waals surface area contributed by atoms with Gasteiger partial charge in [0.05, 0.1) is 18.4 Å². The maximum Gasteiger partial charge on any atom is 0.242 e. The van der Waals surface area contributed by atoms with Gasteiger partial charge in [-0.05, 0) is 31.9 Å². The largest absolute Gasteiger partial charge is 0.495 e. The van der Waals surface area contributed by atoms with Gasteiger partial charge in [-0.15, -0.1) is 0 Å². The molecule has 114 valence electrons. The normalized spacial score (nSPS) is 11.6. The van der Waals surface area contributed by atoms with Crippen molar-refractivity contribution < 1.29 is 9.53 Å². The number of hydrogen-bond acceptors (Lipinski definition) is 4. The number of nitrogens with zero attached hydrogens (tertiary/aromatic N) is 1. The van der Waals surface area contributed by atoms with Crippen molar-refractivity contribution in [3.8, 4) is 11.8 Å². The lowest BCUT2D eigenvalue weighted by Gasteiger charge is -2.21. The van der Waals surface area contributed by atoms with Gasteiger partial charge in [-0.1, -0.05) is 19.9 Å². The first-order valence-corrected chi connectivity index (χ1v) is 7.21. The van der Waals surface area contributed by atoms with Crippen molar-refractivity contribution in [1.82, 2.24) is 5.32 Å². The van der Waals surface area contributed by atoms with Gasteiger partial charge in [0.2, 0.25) is 5.91 Å². The molecule has 1 unspecified atom stereocenters. The predicted octanol–water partition coefficient (Wildman–Crippen LogP) is 2.67. The third kappa shape index (κ3) is 4.38. The molecule has 0 aliphatic heterocycles. The third-order valence-corrected chi connectivity index (χ3v) is 3.45. The first-order valence-electron chi connectivity index (χ1n) is 7.21. The molecule has 0 aromatic heterocycles. The lowest BCUT2D eigenvalue weighted by molar-refractivity contribution is -0.122. The molecule has 5 heteroatoms. The highest BCUT2D eigenvalue weighted by molar-refractivity contribution is 5.85. The fourth-order valence-electron chi connectivity index (χ4n) is 2.04. The minimum atomic E-state index is -0.450. The Kier molecular flexibility index (Phi) is 6.54. The number of carbonyl (C=O) groups is 1. The zero-order valence-corrected chi connectivity index (χ0v) is 13.1. The van der Waals surface area contributed by atoms with Crippen LogP contribution in [0.25, 0.3) is 0 Å². The monoisotopic (exact) mass is 289 g/mol. The number of methoxy groups -OCH3 is 1. The van der Waals surface area contributed by atoms with E-state index in [1.807, 2.05) is 13.8 Å². The number of hydrogen-bond donors (Lipinski definition) is 2. The van der Waals surface area contributed by atoms with Crippen molar-refractivity contribution in [2.75, 3.05) is 12.4 Å². The Labute approximate surface area is 126 Å². The Morgan fingerprint density at radius 2 is 2.05 bits per heavy atom. The predicted molar refractivity (Wildman–Crippen MR) is 83.3 cm³/mol. The van der Waals surface area contributed by atoms with Crippen molar-refractivity contribution >= 4 is 11.6 Å². The van der Waals surface area contributed by atoms with Crippen LogP contribution in [-0.4, -0.2) is 25.1 Å². The van der Waals surface area contributed by atoms with Crippen LogP contribution in [0.15, 0.2) is 18.2 Å². The van der Waals surface area contributed by atoms with Crippen LogP contribution < -0.4 is 15.4 Å². The SMILES string of the molecule is CCC(CC)NC(=O)C(C)Nc1c(C#N)cccc1OC. The summed E-state index contributed by atoms with van der Waals surface area (Å²) >= 11 is 0. The van der Waals surface area contributed by atoms with Gasteiger partial charge in [-0.3, -0.25) is 4.79 Å². The molecule has 0 saturated carbocycles. The van der Waals surface area contributed by atoms with Crippen molar-refractivity contribution in [2.45, 2.75) is 45.7 Å². The molecule has 0 heterocycles. The molecule has 1 atom stereocenters. The van der Waals surface area contributed by atoms with Gasteiger partial charge >= 0.3 is 0 Å². The van der Waals surface area contributed by atoms with Crippen LogP contribution in [0.4, 0.5) is 5.69 Å². The van der Waals surface area contributed by atoms with Crippen molar-refractivity contribution in [3.05, 3.63) is 23.8 Å². The smallest absolute Gasteiger partial charge is 0.242 e. The molecule has 1 aromatic carbocycles.